The maximum Gasteiger partial charge on any atom is 0.319 e. The number of nitrogens with one attached hydrogen (secondary N) is 2. The van der Waals surface area contributed by atoms with Crippen LogP contribution in [-0.4, -0.2) is 29.3 Å². The number of aryl methyl sites for hydroxylation is 1. The Morgan fingerprint density at radius 3 is 2.62 bits per heavy atom. The molecule has 0 fully saturated rings. The maximum absolute atomic E-state index is 11.9. The number of carbonyl (C=O) groups excluding carboxylic acids is 1. The molecular formula is C15H24ClN3O2. The number of pyridine rings is 1. The molecule has 0 atom stereocenters. The van der Waals surface area contributed by atoms with Crippen LogP contribution in [0.15, 0.2) is 12.3 Å². The SMILES string of the molecule is CCC(CC)(CCO)CNC(=O)Nc1cnc(Cl)c(C)c1. The highest BCUT2D eigenvalue weighted by atomic mass is 35.5. The molecule has 3 N–H and O–H groups in total. The molecule has 6 heteroatoms. The molecule has 2 amide bonds. The fraction of sp³-hybridized carbons (Fsp3) is 0.600. The van der Waals surface area contributed by atoms with Gasteiger partial charge in [-0.2, -0.15) is 0 Å². The highest BCUT2D eigenvalue weighted by Gasteiger charge is 2.26. The van der Waals surface area contributed by atoms with Crippen molar-refractivity contribution in [3.63, 3.8) is 0 Å². The van der Waals surface area contributed by atoms with Gasteiger partial charge in [0.2, 0.25) is 0 Å². The second-order valence-electron chi connectivity index (χ2n) is 5.32. The predicted octanol–water partition coefficient (Wildman–Crippen LogP) is 3.35. The van der Waals surface area contributed by atoms with Gasteiger partial charge in [-0.1, -0.05) is 25.4 Å². The molecule has 0 unspecified atom stereocenters. The van der Waals surface area contributed by atoms with Crippen molar-refractivity contribution in [2.75, 3.05) is 18.5 Å². The number of aliphatic hydroxyl groups is 1. The summed E-state index contributed by atoms with van der Waals surface area (Å²) in [5, 5.41) is 15.2. The lowest BCUT2D eigenvalue weighted by Gasteiger charge is -2.31. The summed E-state index contributed by atoms with van der Waals surface area (Å²) < 4.78 is 0. The first-order valence-electron chi connectivity index (χ1n) is 7.24. The molecule has 0 aliphatic carbocycles. The van der Waals surface area contributed by atoms with E-state index in [1.54, 1.807) is 6.07 Å². The van der Waals surface area contributed by atoms with Crippen LogP contribution in [-0.2, 0) is 0 Å². The Bertz CT molecular complexity index is 476. The van der Waals surface area contributed by atoms with E-state index in [0.29, 0.717) is 23.8 Å². The molecule has 0 radical (unpaired) electrons. The monoisotopic (exact) mass is 313 g/mol. The molecular weight excluding hydrogens is 290 g/mol. The van der Waals surface area contributed by atoms with Crippen LogP contribution in [0.5, 0.6) is 0 Å². The van der Waals surface area contributed by atoms with E-state index in [2.05, 4.69) is 29.5 Å². The van der Waals surface area contributed by atoms with Crippen LogP contribution in [0.3, 0.4) is 0 Å². The quantitative estimate of drug-likeness (QED) is 0.676. The number of hydrogen-bond donors (Lipinski definition) is 3. The first-order chi connectivity index (χ1) is 9.96. The number of nitrogens with zero attached hydrogens (tertiary/aromatic N) is 1. The summed E-state index contributed by atoms with van der Waals surface area (Å²) in [7, 11) is 0. The van der Waals surface area contributed by atoms with Gasteiger partial charge in [-0.05, 0) is 43.2 Å². The minimum Gasteiger partial charge on any atom is -0.396 e. The number of amides is 2. The second-order valence-corrected chi connectivity index (χ2v) is 5.68. The van der Waals surface area contributed by atoms with Crippen molar-refractivity contribution in [3.05, 3.63) is 23.0 Å². The van der Waals surface area contributed by atoms with Crippen LogP contribution in [0, 0.1) is 12.3 Å². The highest BCUT2D eigenvalue weighted by Crippen LogP contribution is 2.29. The molecule has 21 heavy (non-hydrogen) atoms. The summed E-state index contributed by atoms with van der Waals surface area (Å²) in [5.41, 5.74) is 1.36. The minimum absolute atomic E-state index is 0.0553. The average Bonchev–Trinajstić information content (AvgIpc) is 2.47. The van der Waals surface area contributed by atoms with Gasteiger partial charge in [0.05, 0.1) is 11.9 Å². The third-order valence-corrected chi connectivity index (χ3v) is 4.43. The topological polar surface area (TPSA) is 74.2 Å². The predicted molar refractivity (Wildman–Crippen MR) is 85.7 cm³/mol. The van der Waals surface area contributed by atoms with Gasteiger partial charge in [-0.25, -0.2) is 9.78 Å². The van der Waals surface area contributed by atoms with Crippen LogP contribution in [0.25, 0.3) is 0 Å². The standard InChI is InChI=1S/C15H24ClN3O2/c1-4-15(5-2,6-7-20)10-18-14(21)19-12-8-11(3)13(16)17-9-12/h8-9,20H,4-7,10H2,1-3H3,(H2,18,19,21). The Hall–Kier alpha value is -1.33. The molecule has 1 aromatic heterocycles. The molecule has 1 rings (SSSR count). The molecule has 0 aliphatic heterocycles. The zero-order valence-electron chi connectivity index (χ0n) is 12.9. The molecule has 0 saturated carbocycles. The van der Waals surface area contributed by atoms with Crippen LogP contribution in [0.2, 0.25) is 5.15 Å². The lowest BCUT2D eigenvalue weighted by atomic mass is 9.79. The van der Waals surface area contributed by atoms with E-state index in [-0.39, 0.29) is 18.1 Å². The summed E-state index contributed by atoms with van der Waals surface area (Å²) in [4.78, 5) is 15.9. The second kappa shape index (κ2) is 8.20. The average molecular weight is 314 g/mol. The third kappa shape index (κ3) is 5.17. The van der Waals surface area contributed by atoms with Gasteiger partial charge in [0.1, 0.15) is 5.15 Å². The highest BCUT2D eigenvalue weighted by molar-refractivity contribution is 6.30. The van der Waals surface area contributed by atoms with Gasteiger partial charge in [0.15, 0.2) is 0 Å². The van der Waals surface area contributed by atoms with Crippen LogP contribution in [0.4, 0.5) is 10.5 Å². The van der Waals surface area contributed by atoms with Gasteiger partial charge in [0.25, 0.3) is 0 Å². The molecule has 1 aromatic rings. The van der Waals surface area contributed by atoms with Gasteiger partial charge in [0, 0.05) is 13.2 Å². The Labute approximate surface area is 131 Å². The summed E-state index contributed by atoms with van der Waals surface area (Å²) in [5.74, 6) is 0. The van der Waals surface area contributed by atoms with E-state index in [4.69, 9.17) is 11.6 Å². The molecule has 0 aromatic carbocycles. The number of urea groups is 1. The van der Waals surface area contributed by atoms with Crippen molar-refractivity contribution < 1.29 is 9.90 Å². The van der Waals surface area contributed by atoms with E-state index in [1.165, 1.54) is 6.20 Å². The van der Waals surface area contributed by atoms with E-state index >= 15 is 0 Å². The summed E-state index contributed by atoms with van der Waals surface area (Å²) in [6.07, 6.45) is 4.02. The molecule has 0 bridgehead atoms. The molecule has 5 nitrogen and oxygen atoms in total. The Morgan fingerprint density at radius 2 is 2.10 bits per heavy atom. The summed E-state index contributed by atoms with van der Waals surface area (Å²) in [6, 6.07) is 1.50. The maximum atomic E-state index is 11.9. The fourth-order valence-corrected chi connectivity index (χ4v) is 2.35. The lowest BCUT2D eigenvalue weighted by Crippen LogP contribution is -2.39. The fourth-order valence-electron chi connectivity index (χ4n) is 2.25. The lowest BCUT2D eigenvalue weighted by molar-refractivity contribution is 0.165. The minimum atomic E-state index is -0.275. The number of aliphatic hydroxyl groups excluding tert-OH is 1. The zero-order valence-corrected chi connectivity index (χ0v) is 13.6. The molecule has 0 spiro atoms. The first kappa shape index (κ1) is 17.7. The van der Waals surface area contributed by atoms with Crippen molar-refractivity contribution in [1.29, 1.82) is 0 Å². The van der Waals surface area contributed by atoms with Gasteiger partial charge >= 0.3 is 6.03 Å². The van der Waals surface area contributed by atoms with Crippen LogP contribution < -0.4 is 10.6 Å². The zero-order chi connectivity index (χ0) is 15.9. The number of carbonyl (C=O) groups is 1. The van der Waals surface area contributed by atoms with Crippen molar-refractivity contribution in [2.24, 2.45) is 5.41 Å². The smallest absolute Gasteiger partial charge is 0.319 e. The molecule has 118 valence electrons. The third-order valence-electron chi connectivity index (χ3n) is 4.04. The van der Waals surface area contributed by atoms with Crippen molar-refractivity contribution >= 4 is 23.3 Å². The Kier molecular flexibility index (Phi) is 6.92. The van der Waals surface area contributed by atoms with E-state index in [1.807, 2.05) is 6.92 Å². The van der Waals surface area contributed by atoms with Crippen LogP contribution in [0.1, 0.15) is 38.7 Å². The van der Waals surface area contributed by atoms with Gasteiger partial charge in [-0.3, -0.25) is 0 Å². The van der Waals surface area contributed by atoms with Gasteiger partial charge < -0.3 is 15.7 Å². The van der Waals surface area contributed by atoms with Crippen molar-refractivity contribution in [1.82, 2.24) is 10.3 Å². The van der Waals surface area contributed by atoms with Crippen molar-refractivity contribution in [3.8, 4) is 0 Å². The Morgan fingerprint density at radius 1 is 1.43 bits per heavy atom. The number of rotatable bonds is 7. The normalized spacial score (nSPS) is 11.3. The molecule has 0 saturated heterocycles. The van der Waals surface area contributed by atoms with E-state index in [9.17, 15) is 9.90 Å². The molecule has 0 aliphatic rings. The number of hydrogen-bond acceptors (Lipinski definition) is 3. The summed E-state index contributed by atoms with van der Waals surface area (Å²) >= 11 is 5.85. The Balaban J connectivity index is 2.58. The van der Waals surface area contributed by atoms with E-state index < -0.39 is 0 Å². The van der Waals surface area contributed by atoms with E-state index in [0.717, 1.165) is 18.4 Å². The number of anilines is 1. The van der Waals surface area contributed by atoms with Gasteiger partial charge in [-0.15, -0.1) is 0 Å². The van der Waals surface area contributed by atoms with Crippen molar-refractivity contribution in [2.45, 2.75) is 40.0 Å². The largest absolute Gasteiger partial charge is 0.396 e. The molecule has 1 heterocycles. The van der Waals surface area contributed by atoms with Crippen LogP contribution >= 0.6 is 11.6 Å². The number of halogens is 1. The summed E-state index contributed by atoms with van der Waals surface area (Å²) in [6.45, 7) is 6.65. The first-order valence-corrected chi connectivity index (χ1v) is 7.62. The number of aromatic nitrogens is 1.